The number of quaternary nitrogens is 1. The Balaban J connectivity index is 2.63. The minimum atomic E-state index is -5.49. The largest absolute Gasteiger partial charge is 0.374 e. The van der Waals surface area contributed by atoms with Gasteiger partial charge in [0.15, 0.2) is 0 Å². The molecule has 1 aromatic carbocycles. The van der Waals surface area contributed by atoms with E-state index < -0.39 is 38.6 Å². The van der Waals surface area contributed by atoms with Gasteiger partial charge in [-0.25, -0.2) is 9.28 Å². The van der Waals surface area contributed by atoms with Crippen LogP contribution in [0.3, 0.4) is 0 Å². The van der Waals surface area contributed by atoms with E-state index in [9.17, 15) is 23.8 Å². The lowest BCUT2D eigenvalue weighted by molar-refractivity contribution is -0.121. The van der Waals surface area contributed by atoms with E-state index in [1.54, 1.807) is 31.2 Å². The van der Waals surface area contributed by atoms with Crippen molar-refractivity contribution in [2.24, 2.45) is 0 Å². The standard InChI is InChI=1S/C19H31Cl2N3O9P2/c1-15(18(26)22-11-3-2-8-19(27,34(28,29)30)35(31,32)33)23-16-4-6-17(7-5-16)24(14-25,12-9-20)13-10-21/h4-7,14-15,23,27H,2-3,8-13H2,1H3,(H4-,22,26,28,29,30,31,32,33)/p+1/t15-/m0/s1. The monoisotopic (exact) mass is 578 g/mol. The lowest BCUT2D eigenvalue weighted by Crippen LogP contribution is -2.50. The van der Waals surface area contributed by atoms with Crippen LogP contribution in [0.4, 0.5) is 11.4 Å². The highest BCUT2D eigenvalue weighted by Gasteiger charge is 2.58. The first-order valence-corrected chi connectivity index (χ1v) is 14.9. The minimum Gasteiger partial charge on any atom is -0.374 e. The zero-order valence-corrected chi connectivity index (χ0v) is 22.4. The molecule has 0 saturated heterocycles. The molecule has 35 heavy (non-hydrogen) atoms. The van der Waals surface area contributed by atoms with E-state index in [0.717, 1.165) is 6.41 Å². The van der Waals surface area contributed by atoms with Crippen molar-refractivity contribution >= 4 is 62.1 Å². The summed E-state index contributed by atoms with van der Waals surface area (Å²) in [5.41, 5.74) is 1.32. The molecule has 1 rings (SSSR count). The van der Waals surface area contributed by atoms with Gasteiger partial charge in [0.25, 0.3) is 5.08 Å². The van der Waals surface area contributed by atoms with Crippen molar-refractivity contribution in [3.05, 3.63) is 24.3 Å². The fraction of sp³-hybridized carbons (Fsp3) is 0.579. The van der Waals surface area contributed by atoms with Gasteiger partial charge in [-0.1, -0.05) is 0 Å². The van der Waals surface area contributed by atoms with Gasteiger partial charge in [0.1, 0.15) is 24.8 Å². The molecule has 1 aromatic rings. The summed E-state index contributed by atoms with van der Waals surface area (Å²) in [4.78, 5) is 60.6. The lowest BCUT2D eigenvalue weighted by Gasteiger charge is -2.30. The molecule has 200 valence electrons. The molecule has 0 radical (unpaired) electrons. The van der Waals surface area contributed by atoms with E-state index in [2.05, 4.69) is 10.6 Å². The molecule has 7 N–H and O–H groups in total. The molecule has 0 aromatic heterocycles. The second-order valence-electron chi connectivity index (χ2n) is 7.99. The van der Waals surface area contributed by atoms with Gasteiger partial charge < -0.3 is 35.3 Å². The second kappa shape index (κ2) is 13.5. The van der Waals surface area contributed by atoms with Crippen LogP contribution in [0.1, 0.15) is 26.2 Å². The van der Waals surface area contributed by atoms with E-state index in [0.29, 0.717) is 24.5 Å². The summed E-state index contributed by atoms with van der Waals surface area (Å²) in [5, 5.41) is 12.0. The van der Waals surface area contributed by atoms with Crippen LogP contribution in [0.25, 0.3) is 0 Å². The summed E-state index contributed by atoms with van der Waals surface area (Å²) >= 11 is 11.7. The number of anilines is 1. The Morgan fingerprint density at radius 2 is 1.57 bits per heavy atom. The van der Waals surface area contributed by atoms with E-state index >= 15 is 0 Å². The average Bonchev–Trinajstić information content (AvgIpc) is 2.77. The molecule has 2 amide bonds. The first-order valence-electron chi connectivity index (χ1n) is 10.6. The van der Waals surface area contributed by atoms with E-state index in [1.165, 1.54) is 0 Å². The molecule has 0 spiro atoms. The number of hydrogen-bond acceptors (Lipinski definition) is 6. The molecule has 0 saturated carbocycles. The number of amides is 2. The van der Waals surface area contributed by atoms with Crippen molar-refractivity contribution in [2.75, 3.05) is 36.7 Å². The van der Waals surface area contributed by atoms with Crippen molar-refractivity contribution in [3.63, 3.8) is 0 Å². The number of carbonyl (C=O) groups is 2. The summed E-state index contributed by atoms with van der Waals surface area (Å²) in [5.74, 6) is 0.145. The van der Waals surface area contributed by atoms with Crippen LogP contribution in [0, 0.1) is 0 Å². The quantitative estimate of drug-likeness (QED) is 0.0499. The van der Waals surface area contributed by atoms with Gasteiger partial charge in [-0.05, 0) is 38.3 Å². The number of halogens is 2. The van der Waals surface area contributed by atoms with Crippen LogP contribution < -0.4 is 15.1 Å². The molecular weight excluding hydrogens is 547 g/mol. The van der Waals surface area contributed by atoms with E-state index in [4.69, 9.17) is 42.8 Å². The molecule has 16 heteroatoms. The Hall–Kier alpha value is -1.04. The highest BCUT2D eigenvalue weighted by atomic mass is 35.5. The number of aliphatic hydroxyl groups is 1. The molecule has 0 aliphatic rings. The molecule has 0 bridgehead atoms. The third kappa shape index (κ3) is 8.50. The van der Waals surface area contributed by atoms with Gasteiger partial charge in [0, 0.05) is 24.4 Å². The van der Waals surface area contributed by atoms with Crippen LogP contribution in [0.15, 0.2) is 24.3 Å². The topological polar surface area (TPSA) is 193 Å². The highest BCUT2D eigenvalue weighted by molar-refractivity contribution is 7.72. The third-order valence-electron chi connectivity index (χ3n) is 5.50. The summed E-state index contributed by atoms with van der Waals surface area (Å²) in [6.07, 6.45) is -0.0877. The van der Waals surface area contributed by atoms with Gasteiger partial charge in [-0.3, -0.25) is 13.9 Å². The van der Waals surface area contributed by atoms with Gasteiger partial charge in [0.2, 0.25) is 5.91 Å². The van der Waals surface area contributed by atoms with Crippen molar-refractivity contribution in [1.29, 1.82) is 0 Å². The van der Waals surface area contributed by atoms with Crippen LogP contribution in [-0.4, -0.2) is 79.5 Å². The number of alkyl halides is 2. The molecular formula is C19H32Cl2N3O9P2+. The van der Waals surface area contributed by atoms with Crippen molar-refractivity contribution in [3.8, 4) is 0 Å². The third-order valence-corrected chi connectivity index (χ3v) is 9.71. The number of nitrogens with one attached hydrogen (secondary N) is 2. The first kappa shape index (κ1) is 32.0. The first-order chi connectivity index (χ1) is 16.2. The molecule has 0 fully saturated rings. The van der Waals surface area contributed by atoms with Gasteiger partial charge >= 0.3 is 21.6 Å². The SMILES string of the molecule is C[C@H](Nc1ccc([N+](C=O)(CCCl)CCCl)cc1)C(=O)NCCCCC(O)(P(=O)(O)O)P(=O)(O)O. The van der Waals surface area contributed by atoms with Gasteiger partial charge in [-0.2, -0.15) is 0 Å². The Morgan fingerprint density at radius 1 is 1.06 bits per heavy atom. The predicted octanol–water partition coefficient (Wildman–Crippen LogP) is 1.72. The molecule has 0 aliphatic carbocycles. The maximum atomic E-state index is 12.3. The average molecular weight is 579 g/mol. The second-order valence-corrected chi connectivity index (χ2v) is 12.8. The summed E-state index contributed by atoms with van der Waals surface area (Å²) in [6, 6.07) is 6.23. The molecule has 0 heterocycles. The number of rotatable bonds is 16. The summed E-state index contributed by atoms with van der Waals surface area (Å²) < 4.78 is 22.6. The number of unbranched alkanes of at least 4 members (excludes halogenated alkanes) is 1. The van der Waals surface area contributed by atoms with Crippen LogP contribution in [0.2, 0.25) is 0 Å². The smallest absolute Gasteiger partial charge is 0.369 e. The van der Waals surface area contributed by atoms with E-state index in [1.807, 2.05) is 0 Å². The molecule has 0 aliphatic heterocycles. The van der Waals surface area contributed by atoms with E-state index in [-0.39, 0.29) is 35.6 Å². The fourth-order valence-electron chi connectivity index (χ4n) is 3.32. The predicted molar refractivity (Wildman–Crippen MR) is 134 cm³/mol. The molecule has 12 nitrogen and oxygen atoms in total. The van der Waals surface area contributed by atoms with Crippen molar-refractivity contribution < 1.29 is 43.4 Å². The number of benzene rings is 1. The normalized spacial score (nSPS) is 13.8. The molecule has 0 unspecified atom stereocenters. The Bertz CT molecular complexity index is 912. The maximum Gasteiger partial charge on any atom is 0.369 e. The maximum absolute atomic E-state index is 12.3. The van der Waals surface area contributed by atoms with Gasteiger partial charge in [0.05, 0.1) is 11.8 Å². The highest BCUT2D eigenvalue weighted by Crippen LogP contribution is 2.69. The Morgan fingerprint density at radius 3 is 2.00 bits per heavy atom. The van der Waals surface area contributed by atoms with Crippen LogP contribution in [-0.2, 0) is 18.7 Å². The summed E-state index contributed by atoms with van der Waals surface area (Å²) in [6.45, 7) is 2.42. The Kier molecular flexibility index (Phi) is 12.3. The minimum absolute atomic E-state index is 0.0253. The zero-order valence-electron chi connectivity index (χ0n) is 19.1. The lowest BCUT2D eigenvalue weighted by atomic mass is 10.2. The van der Waals surface area contributed by atoms with Crippen molar-refractivity contribution in [2.45, 2.75) is 37.3 Å². The van der Waals surface area contributed by atoms with Crippen LogP contribution in [0.5, 0.6) is 0 Å². The Labute approximate surface area is 213 Å². The summed E-state index contributed by atoms with van der Waals surface area (Å²) in [7, 11) is -11.0. The number of hydrogen-bond donors (Lipinski definition) is 7. The fourth-order valence-corrected chi connectivity index (χ4v) is 6.18. The van der Waals surface area contributed by atoms with Gasteiger partial charge in [-0.15, -0.1) is 23.2 Å². The molecule has 1 atom stereocenters. The number of nitrogens with zero attached hydrogens (tertiary/aromatic N) is 1. The van der Waals surface area contributed by atoms with Crippen molar-refractivity contribution in [1.82, 2.24) is 9.80 Å². The number of carbonyl (C=O) groups excluding carboxylic acids is 2. The zero-order chi connectivity index (χ0) is 26.9. The van der Waals surface area contributed by atoms with Crippen LogP contribution >= 0.6 is 38.4 Å².